The van der Waals surface area contributed by atoms with E-state index in [4.69, 9.17) is 16.3 Å². The van der Waals surface area contributed by atoms with Gasteiger partial charge >= 0.3 is 6.09 Å². The van der Waals surface area contributed by atoms with Crippen molar-refractivity contribution < 1.29 is 19.4 Å². The smallest absolute Gasteiger partial charge is 0.422 e. The number of hydrogen-bond donors (Lipinski definition) is 1. The number of anilines is 2. The molecule has 2 amide bonds. The summed E-state index contributed by atoms with van der Waals surface area (Å²) in [5.74, 6) is -0.813. The first-order chi connectivity index (χ1) is 16.7. The molecule has 2 heterocycles. The lowest BCUT2D eigenvalue weighted by atomic mass is 10.0. The number of halogens is 1. The molecule has 2 unspecified atom stereocenters. The molecule has 0 radical (unpaired) electrons. The van der Waals surface area contributed by atoms with Crippen LogP contribution in [0.4, 0.5) is 16.2 Å². The van der Waals surface area contributed by atoms with E-state index in [1.165, 1.54) is 4.80 Å². The molecule has 1 aliphatic rings. The van der Waals surface area contributed by atoms with Crippen molar-refractivity contribution >= 4 is 46.0 Å². The van der Waals surface area contributed by atoms with Crippen LogP contribution in [0.25, 0.3) is 16.7 Å². The number of aromatic hydroxyl groups is 1. The summed E-state index contributed by atoms with van der Waals surface area (Å²) in [6, 6.07) is 17.6. The largest absolute Gasteiger partial charge is 0.505 e. The molecule has 3 aromatic carbocycles. The Hall–Kier alpha value is -4.11. The van der Waals surface area contributed by atoms with Crippen LogP contribution in [0, 0.1) is 6.92 Å². The third kappa shape index (κ3) is 3.93. The number of cyclic esters (lactones) is 1. The molecule has 1 saturated heterocycles. The number of benzene rings is 3. The molecule has 0 aliphatic carbocycles. The molecule has 0 saturated carbocycles. The maximum Gasteiger partial charge on any atom is 0.422 e. The number of carbonyl (C=O) groups is 2. The molecule has 1 N–H and O–H groups in total. The zero-order valence-electron chi connectivity index (χ0n) is 19.2. The molecule has 0 bridgehead atoms. The van der Waals surface area contributed by atoms with E-state index >= 15 is 0 Å². The molecule has 9 nitrogen and oxygen atoms in total. The van der Waals surface area contributed by atoms with E-state index in [1.54, 1.807) is 36.4 Å². The molecule has 1 aliphatic heterocycles. The number of imide groups is 1. The highest BCUT2D eigenvalue weighted by atomic mass is 35.5. The number of phenols is 1. The SMILES string of the molecule is Cc1cc(C(Cl)C2OC(=O)N(c3ccc(N(C)C)cc3)C2=O)c(O)c(-n2nc3ccccc3n2)c1. The summed E-state index contributed by atoms with van der Waals surface area (Å²) < 4.78 is 5.37. The molecule has 178 valence electrons. The normalized spacial score (nSPS) is 16.6. The highest BCUT2D eigenvalue weighted by Gasteiger charge is 2.46. The number of amides is 2. The number of rotatable bonds is 5. The van der Waals surface area contributed by atoms with Gasteiger partial charge in [-0.05, 0) is 55.0 Å². The van der Waals surface area contributed by atoms with Crippen LogP contribution in [0.3, 0.4) is 0 Å². The summed E-state index contributed by atoms with van der Waals surface area (Å²) in [6.45, 7) is 1.82. The summed E-state index contributed by atoms with van der Waals surface area (Å²) in [5.41, 5.74) is 3.90. The maximum absolute atomic E-state index is 13.2. The zero-order valence-corrected chi connectivity index (χ0v) is 20.0. The average Bonchev–Trinajstić information content (AvgIpc) is 3.40. The van der Waals surface area contributed by atoms with Gasteiger partial charge in [-0.2, -0.15) is 0 Å². The quantitative estimate of drug-likeness (QED) is 0.414. The molecule has 4 aromatic rings. The van der Waals surface area contributed by atoms with E-state index in [2.05, 4.69) is 10.2 Å². The van der Waals surface area contributed by atoms with E-state index in [0.717, 1.165) is 16.2 Å². The van der Waals surface area contributed by atoms with Crippen LogP contribution < -0.4 is 9.80 Å². The maximum atomic E-state index is 13.2. The summed E-state index contributed by atoms with van der Waals surface area (Å²) >= 11 is 6.67. The Labute approximate surface area is 206 Å². The Morgan fingerprint density at radius 2 is 1.66 bits per heavy atom. The number of carbonyl (C=O) groups excluding carboxylic acids is 2. The van der Waals surface area contributed by atoms with E-state index in [9.17, 15) is 14.7 Å². The number of ether oxygens (including phenoxy) is 1. The third-order valence-electron chi connectivity index (χ3n) is 5.83. The van der Waals surface area contributed by atoms with Gasteiger partial charge in [-0.25, -0.2) is 9.69 Å². The second-order valence-corrected chi connectivity index (χ2v) is 8.96. The monoisotopic (exact) mass is 491 g/mol. The van der Waals surface area contributed by atoms with Crippen LogP contribution in [-0.2, 0) is 9.53 Å². The van der Waals surface area contributed by atoms with Crippen molar-refractivity contribution in [1.29, 1.82) is 0 Å². The van der Waals surface area contributed by atoms with Gasteiger partial charge in [-0.1, -0.05) is 18.2 Å². The highest BCUT2D eigenvalue weighted by molar-refractivity contribution is 6.27. The van der Waals surface area contributed by atoms with E-state index in [1.807, 2.05) is 50.2 Å². The number of alkyl halides is 1. The van der Waals surface area contributed by atoms with Crippen LogP contribution in [0.2, 0.25) is 0 Å². The van der Waals surface area contributed by atoms with Crippen LogP contribution in [0.15, 0.2) is 60.7 Å². The van der Waals surface area contributed by atoms with Crippen LogP contribution in [0.5, 0.6) is 5.75 Å². The zero-order chi connectivity index (χ0) is 24.9. The van der Waals surface area contributed by atoms with Crippen molar-refractivity contribution in [3.8, 4) is 11.4 Å². The van der Waals surface area contributed by atoms with Gasteiger partial charge in [0.1, 0.15) is 27.8 Å². The van der Waals surface area contributed by atoms with Crippen molar-refractivity contribution in [2.45, 2.75) is 18.4 Å². The number of aromatic nitrogens is 3. The predicted octanol–water partition coefficient (Wildman–Crippen LogP) is 4.33. The topological polar surface area (TPSA) is 101 Å². The molecule has 2 atom stereocenters. The Morgan fingerprint density at radius 3 is 2.26 bits per heavy atom. The van der Waals surface area contributed by atoms with Gasteiger partial charge in [-0.3, -0.25) is 4.79 Å². The van der Waals surface area contributed by atoms with Crippen molar-refractivity contribution in [1.82, 2.24) is 15.0 Å². The number of nitrogens with zero attached hydrogens (tertiary/aromatic N) is 5. The van der Waals surface area contributed by atoms with Gasteiger partial charge < -0.3 is 14.7 Å². The first-order valence-electron chi connectivity index (χ1n) is 10.9. The molecule has 5 rings (SSSR count). The highest BCUT2D eigenvalue weighted by Crippen LogP contribution is 2.40. The van der Waals surface area contributed by atoms with Crippen molar-refractivity contribution in [2.24, 2.45) is 0 Å². The molecule has 1 fully saturated rings. The van der Waals surface area contributed by atoms with Crippen molar-refractivity contribution in [2.75, 3.05) is 23.9 Å². The van der Waals surface area contributed by atoms with E-state index in [-0.39, 0.29) is 11.3 Å². The lowest BCUT2D eigenvalue weighted by molar-refractivity contribution is -0.122. The van der Waals surface area contributed by atoms with Gasteiger partial charge in [0.15, 0.2) is 0 Å². The fourth-order valence-corrected chi connectivity index (χ4v) is 4.35. The molecule has 35 heavy (non-hydrogen) atoms. The fourth-order valence-electron chi connectivity index (χ4n) is 4.03. The first-order valence-corrected chi connectivity index (χ1v) is 11.3. The van der Waals surface area contributed by atoms with E-state index < -0.39 is 23.5 Å². The van der Waals surface area contributed by atoms with Crippen molar-refractivity contribution in [3.05, 3.63) is 71.8 Å². The third-order valence-corrected chi connectivity index (χ3v) is 6.29. The Kier molecular flexibility index (Phi) is 5.56. The minimum absolute atomic E-state index is 0.200. The minimum atomic E-state index is -1.32. The lowest BCUT2D eigenvalue weighted by Gasteiger charge is -2.18. The number of phenolic OH excluding ortho intramolecular Hbond substituents is 1. The predicted molar refractivity (Wildman–Crippen MR) is 132 cm³/mol. The summed E-state index contributed by atoms with van der Waals surface area (Å²) in [5, 5.41) is 18.8. The Bertz CT molecular complexity index is 1420. The fraction of sp³-hybridized carbons (Fsp3) is 0.200. The molecular weight excluding hydrogens is 470 g/mol. The second kappa shape index (κ2) is 8.59. The lowest BCUT2D eigenvalue weighted by Crippen LogP contribution is -2.33. The van der Waals surface area contributed by atoms with Crippen LogP contribution in [-0.4, -0.2) is 52.3 Å². The molecule has 1 aromatic heterocycles. The number of aryl methyl sites for hydroxylation is 1. The number of fused-ring (bicyclic) bond motifs is 1. The van der Waals surface area contributed by atoms with Gasteiger partial charge in [-0.15, -0.1) is 26.6 Å². The van der Waals surface area contributed by atoms with Crippen LogP contribution >= 0.6 is 11.6 Å². The minimum Gasteiger partial charge on any atom is -0.505 e. The van der Waals surface area contributed by atoms with Crippen molar-refractivity contribution in [3.63, 3.8) is 0 Å². The summed E-state index contributed by atoms with van der Waals surface area (Å²) in [4.78, 5) is 30.0. The first kappa shape index (κ1) is 22.7. The Balaban J connectivity index is 1.48. The van der Waals surface area contributed by atoms with Gasteiger partial charge in [0, 0.05) is 25.3 Å². The standard InChI is InChI=1S/C25H22ClN5O4/c1-14-12-17(22(32)20(13-14)31-27-18-6-4-5-7-19(18)28-31)21(26)23-24(33)30(25(34)35-23)16-10-8-15(9-11-16)29(2)3/h4-13,21,23,32H,1-3H3. The summed E-state index contributed by atoms with van der Waals surface area (Å²) in [6.07, 6.45) is -2.14. The Morgan fingerprint density at radius 1 is 1.03 bits per heavy atom. The summed E-state index contributed by atoms with van der Waals surface area (Å²) in [7, 11) is 3.78. The van der Waals surface area contributed by atoms with E-state index in [0.29, 0.717) is 22.4 Å². The molecule has 0 spiro atoms. The van der Waals surface area contributed by atoms with Gasteiger partial charge in [0.2, 0.25) is 6.10 Å². The van der Waals surface area contributed by atoms with Gasteiger partial charge in [0.25, 0.3) is 5.91 Å². The van der Waals surface area contributed by atoms with Crippen LogP contribution in [0.1, 0.15) is 16.5 Å². The van der Waals surface area contributed by atoms with Gasteiger partial charge in [0.05, 0.1) is 5.69 Å². The number of hydrogen-bond acceptors (Lipinski definition) is 7. The molecular formula is C25H22ClN5O4. The average molecular weight is 492 g/mol. The molecule has 10 heteroatoms. The second-order valence-electron chi connectivity index (χ2n) is 8.49.